The third-order valence-corrected chi connectivity index (χ3v) is 2.41. The zero-order valence-electron chi connectivity index (χ0n) is 9.11. The van der Waals surface area contributed by atoms with Gasteiger partial charge in [-0.25, -0.2) is 9.59 Å². The third-order valence-electron chi connectivity index (χ3n) is 2.19. The van der Waals surface area contributed by atoms with Crippen LogP contribution in [0, 0.1) is 0 Å². The Hall–Kier alpha value is -1.75. The number of benzene rings is 1. The highest BCUT2D eigenvalue weighted by molar-refractivity contribution is 6.31. The Morgan fingerprint density at radius 3 is 2.59 bits per heavy atom. The summed E-state index contributed by atoms with van der Waals surface area (Å²) in [5.74, 6) is -3.07. The van der Waals surface area contributed by atoms with Crippen LogP contribution in [-0.2, 0) is 4.74 Å². The average Bonchev–Trinajstić information content (AvgIpc) is 2.17. The molecule has 1 N–H and O–H groups in total. The Morgan fingerprint density at radius 1 is 1.35 bits per heavy atom. The van der Waals surface area contributed by atoms with Gasteiger partial charge in [0.1, 0.15) is 11.1 Å². The molecule has 1 aliphatic rings. The van der Waals surface area contributed by atoms with Gasteiger partial charge in [0.05, 0.1) is 0 Å². The number of esters is 1. The van der Waals surface area contributed by atoms with E-state index in [1.807, 2.05) is 0 Å². The van der Waals surface area contributed by atoms with Crippen molar-refractivity contribution in [2.75, 3.05) is 0 Å². The molecular formula is C11H9ClO5. The van der Waals surface area contributed by atoms with E-state index < -0.39 is 17.7 Å². The smallest absolute Gasteiger partial charge is 0.345 e. The van der Waals surface area contributed by atoms with Gasteiger partial charge < -0.3 is 14.6 Å². The average molecular weight is 257 g/mol. The molecule has 6 heteroatoms. The van der Waals surface area contributed by atoms with Gasteiger partial charge in [-0.2, -0.15) is 0 Å². The Kier molecular flexibility index (Phi) is 2.50. The first-order valence-electron chi connectivity index (χ1n) is 4.79. The summed E-state index contributed by atoms with van der Waals surface area (Å²) in [6.45, 7) is 3.04. The molecule has 2 rings (SSSR count). The van der Waals surface area contributed by atoms with Gasteiger partial charge in [-0.05, 0) is 12.1 Å². The minimum Gasteiger partial charge on any atom is -0.478 e. The van der Waals surface area contributed by atoms with Gasteiger partial charge in [-0.15, -0.1) is 0 Å². The molecule has 0 spiro atoms. The highest BCUT2D eigenvalue weighted by Crippen LogP contribution is 2.36. The first-order valence-corrected chi connectivity index (χ1v) is 5.17. The van der Waals surface area contributed by atoms with Crippen LogP contribution in [-0.4, -0.2) is 22.8 Å². The Balaban J connectivity index is 2.67. The van der Waals surface area contributed by atoms with Gasteiger partial charge in [-0.3, -0.25) is 0 Å². The topological polar surface area (TPSA) is 72.8 Å². The number of carbonyl (C=O) groups is 2. The molecule has 0 aliphatic carbocycles. The van der Waals surface area contributed by atoms with Crippen molar-refractivity contribution < 1.29 is 24.2 Å². The minimum atomic E-state index is -1.21. The number of ether oxygens (including phenoxy) is 2. The van der Waals surface area contributed by atoms with E-state index in [-0.39, 0.29) is 21.9 Å². The molecular weight excluding hydrogens is 248 g/mol. The van der Waals surface area contributed by atoms with Crippen molar-refractivity contribution in [3.05, 3.63) is 28.3 Å². The lowest BCUT2D eigenvalue weighted by molar-refractivity contribution is -0.127. The summed E-state index contributed by atoms with van der Waals surface area (Å²) in [5, 5.41) is 9.17. The fourth-order valence-corrected chi connectivity index (χ4v) is 1.78. The summed E-state index contributed by atoms with van der Waals surface area (Å²) in [5.41, 5.74) is -0.133. The van der Waals surface area contributed by atoms with Crippen LogP contribution < -0.4 is 4.74 Å². The molecule has 5 nitrogen and oxygen atoms in total. The number of hydrogen-bond acceptors (Lipinski definition) is 4. The Labute approximate surface area is 102 Å². The fraction of sp³-hybridized carbons (Fsp3) is 0.273. The lowest BCUT2D eigenvalue weighted by Crippen LogP contribution is -2.39. The lowest BCUT2D eigenvalue weighted by atomic mass is 10.1. The second-order valence-electron chi connectivity index (χ2n) is 4.03. The number of halogens is 1. The zero-order valence-corrected chi connectivity index (χ0v) is 9.87. The highest BCUT2D eigenvalue weighted by atomic mass is 35.5. The number of carboxylic acids is 1. The molecule has 1 heterocycles. The second-order valence-corrected chi connectivity index (χ2v) is 4.46. The van der Waals surface area contributed by atoms with Crippen molar-refractivity contribution >= 4 is 23.5 Å². The number of rotatable bonds is 1. The van der Waals surface area contributed by atoms with Crippen molar-refractivity contribution in [3.8, 4) is 5.75 Å². The third kappa shape index (κ3) is 2.06. The largest absolute Gasteiger partial charge is 0.478 e. The van der Waals surface area contributed by atoms with E-state index >= 15 is 0 Å². The fourth-order valence-electron chi connectivity index (χ4n) is 1.56. The predicted octanol–water partition coefficient (Wildman–Crippen LogP) is 2.32. The van der Waals surface area contributed by atoms with Gasteiger partial charge in [0.2, 0.25) is 5.79 Å². The van der Waals surface area contributed by atoms with Gasteiger partial charge >= 0.3 is 11.9 Å². The van der Waals surface area contributed by atoms with Crippen LogP contribution in [0.2, 0.25) is 5.02 Å². The summed E-state index contributed by atoms with van der Waals surface area (Å²) in [6, 6.07) is 2.55. The molecule has 1 aliphatic heterocycles. The normalized spacial score (nSPS) is 16.8. The molecule has 0 radical (unpaired) electrons. The first kappa shape index (κ1) is 11.7. The number of cyclic esters (lactones) is 1. The van der Waals surface area contributed by atoms with Gasteiger partial charge in [0.25, 0.3) is 0 Å². The lowest BCUT2D eigenvalue weighted by Gasteiger charge is -2.32. The summed E-state index contributed by atoms with van der Waals surface area (Å²) < 4.78 is 10.3. The molecule has 1 aromatic rings. The minimum absolute atomic E-state index is 0.0110. The molecule has 0 aromatic heterocycles. The van der Waals surface area contributed by atoms with E-state index in [4.69, 9.17) is 26.2 Å². The molecule has 0 saturated carbocycles. The number of carbonyl (C=O) groups excluding carboxylic acids is 1. The van der Waals surface area contributed by atoms with Crippen LogP contribution in [0.15, 0.2) is 12.1 Å². The number of hydrogen-bond donors (Lipinski definition) is 1. The van der Waals surface area contributed by atoms with Crippen LogP contribution in [0.25, 0.3) is 0 Å². The van der Waals surface area contributed by atoms with Crippen molar-refractivity contribution in [3.63, 3.8) is 0 Å². The Morgan fingerprint density at radius 2 is 2.00 bits per heavy atom. The number of aromatic carboxylic acids is 1. The molecule has 0 bridgehead atoms. The first-order chi connectivity index (χ1) is 7.80. The van der Waals surface area contributed by atoms with Crippen LogP contribution in [0.4, 0.5) is 0 Å². The van der Waals surface area contributed by atoms with Crippen LogP contribution in [0.5, 0.6) is 5.75 Å². The molecule has 17 heavy (non-hydrogen) atoms. The summed E-state index contributed by atoms with van der Waals surface area (Å²) in [7, 11) is 0. The van der Waals surface area contributed by atoms with Crippen LogP contribution >= 0.6 is 11.6 Å². The summed E-state index contributed by atoms with van der Waals surface area (Å²) in [4.78, 5) is 22.7. The molecule has 90 valence electrons. The number of fused-ring (bicyclic) bond motifs is 1. The van der Waals surface area contributed by atoms with Crippen molar-refractivity contribution in [1.29, 1.82) is 0 Å². The maximum atomic E-state index is 11.7. The molecule has 0 unspecified atom stereocenters. The van der Waals surface area contributed by atoms with E-state index in [1.165, 1.54) is 26.0 Å². The summed E-state index contributed by atoms with van der Waals surface area (Å²) in [6.07, 6.45) is 0. The Bertz CT molecular complexity index is 504. The predicted molar refractivity (Wildman–Crippen MR) is 58.5 cm³/mol. The monoisotopic (exact) mass is 256 g/mol. The van der Waals surface area contributed by atoms with E-state index in [2.05, 4.69) is 0 Å². The maximum absolute atomic E-state index is 11.7. The molecule has 0 fully saturated rings. The van der Waals surface area contributed by atoms with E-state index in [9.17, 15) is 9.59 Å². The van der Waals surface area contributed by atoms with Crippen molar-refractivity contribution in [1.82, 2.24) is 0 Å². The van der Waals surface area contributed by atoms with Gasteiger partial charge in [0.15, 0.2) is 5.75 Å². The highest BCUT2D eigenvalue weighted by Gasteiger charge is 2.36. The van der Waals surface area contributed by atoms with E-state index in [0.29, 0.717) is 0 Å². The quantitative estimate of drug-likeness (QED) is 0.781. The van der Waals surface area contributed by atoms with Crippen LogP contribution in [0.1, 0.15) is 34.6 Å². The zero-order chi connectivity index (χ0) is 12.8. The van der Waals surface area contributed by atoms with Crippen molar-refractivity contribution in [2.45, 2.75) is 19.6 Å². The molecule has 0 amide bonds. The van der Waals surface area contributed by atoms with E-state index in [1.54, 1.807) is 0 Å². The SMILES string of the molecule is CC1(C)OC(=O)c2cc(Cl)cc(C(=O)O)c2O1. The maximum Gasteiger partial charge on any atom is 0.345 e. The molecule has 0 saturated heterocycles. The van der Waals surface area contributed by atoms with Crippen molar-refractivity contribution in [2.24, 2.45) is 0 Å². The van der Waals surface area contributed by atoms with E-state index in [0.717, 1.165) is 0 Å². The summed E-state index contributed by atoms with van der Waals surface area (Å²) >= 11 is 5.74. The molecule has 1 aromatic carbocycles. The van der Waals surface area contributed by atoms with Gasteiger partial charge in [0, 0.05) is 18.9 Å². The molecule has 0 atom stereocenters. The van der Waals surface area contributed by atoms with Crippen LogP contribution in [0.3, 0.4) is 0 Å². The number of carboxylic acid groups (broad SMARTS) is 1. The standard InChI is InChI=1S/C11H9ClO5/c1-11(2)16-8-6(9(13)14)3-5(12)4-7(8)10(15)17-11/h3-4H,1-2H3,(H,13,14). The second kappa shape index (κ2) is 3.63. The van der Waals surface area contributed by atoms with Gasteiger partial charge in [-0.1, -0.05) is 11.6 Å².